The number of anilines is 1. The molecular formula is C62H77N7O16S2. The second-order valence-electron chi connectivity index (χ2n) is 22.0. The summed E-state index contributed by atoms with van der Waals surface area (Å²) in [5.41, 5.74) is 8.14. The number of cyclic esters (lactones) is 1. The number of ketones is 3. The molecule has 2 aliphatic heterocycles. The van der Waals surface area contributed by atoms with Gasteiger partial charge in [-0.05, 0) is 107 Å². The molecule has 7 rings (SSSR count). The number of allylic oxidation sites excluding steroid dienone is 1. The first-order chi connectivity index (χ1) is 41.5. The van der Waals surface area contributed by atoms with Gasteiger partial charge in [0, 0.05) is 104 Å². The van der Waals surface area contributed by atoms with E-state index in [9.17, 15) is 50.4 Å². The molecule has 25 heteroatoms. The van der Waals surface area contributed by atoms with Crippen molar-refractivity contribution in [2.75, 3.05) is 57.3 Å². The minimum absolute atomic E-state index is 0.110. The SMILES string of the molecule is CC[C@@]1(OC(=O)OCc2ccc(NC(=O)[C@H](CCCCN)CC(=O)COCC(=O)CCCOCCCC(=O)CCC/C=C\c3cnc(S(C)(=O)=O)nc3)cc2)C(=O)OCc2c1cc1n(c2=O)Cc2c-1nc1ccccc1c2CCN(C(C)C)S(C)(=O)=O. The molecule has 3 N–H and O–H groups in total. The normalized spacial score (nSPS) is 15.1. The second kappa shape index (κ2) is 31.0. The third-order valence-electron chi connectivity index (χ3n) is 15.1. The zero-order valence-electron chi connectivity index (χ0n) is 49.9. The van der Waals surface area contributed by atoms with Crippen molar-refractivity contribution in [1.29, 1.82) is 0 Å². The number of nitrogens with two attached hydrogens (primary N) is 1. The van der Waals surface area contributed by atoms with Crippen molar-refractivity contribution in [2.24, 2.45) is 11.7 Å². The summed E-state index contributed by atoms with van der Waals surface area (Å²) in [6.07, 6.45) is 12.5. The molecule has 2 aliphatic rings. The summed E-state index contributed by atoms with van der Waals surface area (Å²) >= 11 is 0. The second-order valence-corrected chi connectivity index (χ2v) is 25.9. The van der Waals surface area contributed by atoms with Gasteiger partial charge >= 0.3 is 12.1 Å². The van der Waals surface area contributed by atoms with Crippen LogP contribution < -0.4 is 16.6 Å². The van der Waals surface area contributed by atoms with Crippen LogP contribution in [0.2, 0.25) is 0 Å². The Morgan fingerprint density at radius 2 is 1.55 bits per heavy atom. The van der Waals surface area contributed by atoms with Crippen molar-refractivity contribution in [3.63, 3.8) is 0 Å². The topological polar surface area (TPSA) is 319 Å². The van der Waals surface area contributed by atoms with Crippen LogP contribution >= 0.6 is 0 Å². The van der Waals surface area contributed by atoms with Gasteiger partial charge in [0.25, 0.3) is 5.56 Å². The van der Waals surface area contributed by atoms with Crippen LogP contribution in [-0.2, 0) is 99.3 Å². The quantitative estimate of drug-likeness (QED) is 0.0227. The van der Waals surface area contributed by atoms with Gasteiger partial charge in [-0.15, -0.1) is 0 Å². The first-order valence-corrected chi connectivity index (χ1v) is 32.9. The van der Waals surface area contributed by atoms with Gasteiger partial charge in [0.2, 0.25) is 36.5 Å². The maximum atomic E-state index is 14.4. The number of nitrogens with zero attached hydrogens (tertiary/aromatic N) is 5. The van der Waals surface area contributed by atoms with Gasteiger partial charge in [-0.2, -0.15) is 4.31 Å². The van der Waals surface area contributed by atoms with Crippen LogP contribution in [0.3, 0.4) is 0 Å². The van der Waals surface area contributed by atoms with Crippen LogP contribution in [0, 0.1) is 5.92 Å². The largest absolute Gasteiger partial charge is 0.510 e. The maximum absolute atomic E-state index is 14.4. The van der Waals surface area contributed by atoms with Crippen LogP contribution in [0.25, 0.3) is 28.4 Å². The molecule has 3 aromatic heterocycles. The number of fused-ring (bicyclic) bond motifs is 5. The summed E-state index contributed by atoms with van der Waals surface area (Å²) in [4.78, 5) is 106. The lowest BCUT2D eigenvalue weighted by atomic mass is 9.85. The fourth-order valence-electron chi connectivity index (χ4n) is 10.6. The lowest BCUT2D eigenvalue weighted by Gasteiger charge is -2.35. The number of sulfone groups is 1. The number of sulfonamides is 1. The summed E-state index contributed by atoms with van der Waals surface area (Å²) in [6.45, 7) is 5.37. The molecule has 468 valence electrons. The number of esters is 1. The van der Waals surface area contributed by atoms with E-state index in [1.54, 1.807) is 47.9 Å². The van der Waals surface area contributed by atoms with Crippen LogP contribution in [-0.4, -0.2) is 134 Å². The molecular weight excluding hydrogens is 1160 g/mol. The van der Waals surface area contributed by atoms with E-state index in [4.69, 9.17) is 34.4 Å². The fourth-order valence-corrected chi connectivity index (χ4v) is 12.3. The number of nitrogens with one attached hydrogen (secondary N) is 1. The Kier molecular flexibility index (Phi) is 23.9. The molecule has 0 fully saturated rings. The number of pyridine rings is 2. The average Bonchev–Trinajstić information content (AvgIpc) is 1.68. The van der Waals surface area contributed by atoms with E-state index in [1.807, 2.05) is 44.2 Å². The molecule has 1 amide bonds. The standard InChI is InChI=1S/C62H77N7O16S2/c1-6-62(53-33-55-56-51(36-68(55)58(74)52(53)40-83-59(62)75)49(50-21-10-11-22-54(50)67-56)27-29-69(41(2)3)87(5,79)80)85-61(76)84-37-42-23-25-45(26-24-42)66-57(73)44(17-12-13-28-63)32-48(72)39-82-38-47(71)20-15-31-81-30-14-19-46(70)18-9-7-8-16-43-34-64-60(65-35-43)86(4,77)78/h8,10-11,16,21-26,33-35,41,44H,6-7,9,12-15,17-20,27-32,36-40,63H2,1-5H3,(H,66,73)/b16-8-/t44-,62+/m1/s1. The van der Waals surface area contributed by atoms with E-state index in [0.717, 1.165) is 22.8 Å². The Morgan fingerprint density at radius 3 is 2.23 bits per heavy atom. The minimum Gasteiger partial charge on any atom is -0.457 e. The third-order valence-corrected chi connectivity index (χ3v) is 17.4. The summed E-state index contributed by atoms with van der Waals surface area (Å²) in [7, 11) is -7.00. The van der Waals surface area contributed by atoms with Gasteiger partial charge in [-0.1, -0.05) is 55.8 Å². The predicted molar refractivity (Wildman–Crippen MR) is 323 cm³/mol. The highest BCUT2D eigenvalue weighted by molar-refractivity contribution is 7.90. The Balaban J connectivity index is 0.846. The van der Waals surface area contributed by atoms with Crippen LogP contribution in [0.5, 0.6) is 0 Å². The van der Waals surface area contributed by atoms with Crippen molar-refractivity contribution in [3.05, 3.63) is 117 Å². The molecule has 0 saturated heterocycles. The molecule has 0 radical (unpaired) electrons. The number of hydrogen-bond acceptors (Lipinski definition) is 20. The molecule has 23 nitrogen and oxygen atoms in total. The number of unbranched alkanes of at least 4 members (excludes halogenated alkanes) is 2. The maximum Gasteiger partial charge on any atom is 0.510 e. The van der Waals surface area contributed by atoms with E-state index < -0.39 is 55.0 Å². The highest BCUT2D eigenvalue weighted by atomic mass is 32.2. The van der Waals surface area contributed by atoms with Gasteiger partial charge in [-0.25, -0.2) is 41.4 Å². The Bertz CT molecular complexity index is 3630. The number of hydrogen-bond donors (Lipinski definition) is 2. The van der Waals surface area contributed by atoms with E-state index >= 15 is 0 Å². The fraction of sp³-hybridized carbons (Fsp3) is 0.484. The first-order valence-electron chi connectivity index (χ1n) is 29.2. The summed E-state index contributed by atoms with van der Waals surface area (Å²) < 4.78 is 79.4. The third kappa shape index (κ3) is 18.1. The number of rotatable bonds is 35. The van der Waals surface area contributed by atoms with Gasteiger partial charge < -0.3 is 39.3 Å². The zero-order valence-corrected chi connectivity index (χ0v) is 51.5. The zero-order chi connectivity index (χ0) is 62.9. The number of benzene rings is 2. The van der Waals surface area contributed by atoms with Gasteiger partial charge in [0.05, 0.1) is 35.3 Å². The molecule has 5 aromatic rings. The predicted octanol–water partition coefficient (Wildman–Crippen LogP) is 7.11. The molecule has 87 heavy (non-hydrogen) atoms. The van der Waals surface area contributed by atoms with E-state index in [0.29, 0.717) is 118 Å². The van der Waals surface area contributed by atoms with Gasteiger partial charge in [0.15, 0.2) is 11.6 Å². The number of Topliss-reactive ketones (excluding diaryl/α,β-unsaturated/α-hetero) is 3. The highest BCUT2D eigenvalue weighted by Gasteiger charge is 2.51. The van der Waals surface area contributed by atoms with Gasteiger partial charge in [0.1, 0.15) is 32.2 Å². The van der Waals surface area contributed by atoms with E-state index in [-0.39, 0.29) is 98.5 Å². The Hall–Kier alpha value is -7.42. The van der Waals surface area contributed by atoms with E-state index in [2.05, 4.69) is 15.3 Å². The number of ether oxygens (including phenoxy) is 5. The van der Waals surface area contributed by atoms with Crippen molar-refractivity contribution >= 4 is 77.9 Å². The summed E-state index contributed by atoms with van der Waals surface area (Å²) in [6, 6.07) is 15.2. The van der Waals surface area contributed by atoms with Crippen molar-refractivity contribution in [3.8, 4) is 11.4 Å². The number of aromatic nitrogens is 4. The lowest BCUT2D eigenvalue weighted by Crippen LogP contribution is -2.47. The van der Waals surface area contributed by atoms with Crippen molar-refractivity contribution < 1.29 is 69.3 Å². The van der Waals surface area contributed by atoms with Crippen LogP contribution in [0.15, 0.2) is 83.0 Å². The van der Waals surface area contributed by atoms with Crippen LogP contribution in [0.4, 0.5) is 10.5 Å². The first kappa shape index (κ1) is 67.1. The highest BCUT2D eigenvalue weighted by Crippen LogP contribution is 2.42. The van der Waals surface area contributed by atoms with Gasteiger partial charge in [-0.3, -0.25) is 24.0 Å². The molecule has 0 unspecified atom stereocenters. The van der Waals surface area contributed by atoms with E-state index in [1.165, 1.54) is 23.0 Å². The molecule has 0 aliphatic carbocycles. The molecule has 0 saturated carbocycles. The molecule has 0 bridgehead atoms. The van der Waals surface area contributed by atoms with Crippen molar-refractivity contribution in [2.45, 2.75) is 141 Å². The summed E-state index contributed by atoms with van der Waals surface area (Å²) in [5, 5.41) is 3.43. The summed E-state index contributed by atoms with van der Waals surface area (Å²) in [5.74, 6) is -2.45. The number of carbonyl (C=O) groups excluding carboxylic acids is 6. The Morgan fingerprint density at radius 1 is 0.862 bits per heavy atom. The lowest BCUT2D eigenvalue weighted by molar-refractivity contribution is -0.175. The number of carbonyl (C=O) groups is 6. The molecule has 5 heterocycles. The minimum atomic E-state index is -3.54. The molecule has 2 atom stereocenters. The van der Waals surface area contributed by atoms with Crippen LogP contribution in [0.1, 0.15) is 131 Å². The number of amides is 1. The number of para-hydroxylation sites is 1. The average molecular weight is 1240 g/mol. The van der Waals surface area contributed by atoms with Crippen molar-refractivity contribution in [1.82, 2.24) is 23.8 Å². The smallest absolute Gasteiger partial charge is 0.457 e. The Labute approximate surface area is 506 Å². The molecule has 2 aromatic carbocycles. The monoisotopic (exact) mass is 1240 g/mol. The molecule has 0 spiro atoms.